The largest absolute Gasteiger partial charge is 0.382 e. The minimum absolute atomic E-state index is 0.163. The van der Waals surface area contributed by atoms with Gasteiger partial charge in [0, 0.05) is 29.5 Å². The number of hydrogen-bond donors (Lipinski definition) is 3. The number of hydrogen-bond acceptors (Lipinski definition) is 7. The van der Waals surface area contributed by atoms with Gasteiger partial charge in [-0.2, -0.15) is 22.9 Å². The van der Waals surface area contributed by atoms with Crippen LogP contribution in [0, 0.1) is 17.8 Å². The second-order valence-electron chi connectivity index (χ2n) is 10.9. The van der Waals surface area contributed by atoms with Gasteiger partial charge in [0.05, 0.1) is 36.5 Å². The molecule has 2 bridgehead atoms. The number of fused-ring (bicyclic) bond motifs is 10. The first-order valence-corrected chi connectivity index (χ1v) is 14.5. The first kappa shape index (κ1) is 21.9. The van der Waals surface area contributed by atoms with Crippen molar-refractivity contribution in [1.29, 1.82) is 0 Å². The maximum absolute atomic E-state index is 13.5. The van der Waals surface area contributed by atoms with Crippen LogP contribution in [-0.4, -0.2) is 58.4 Å². The molecule has 2 aromatic carbocycles. The molecule has 4 aromatic rings. The summed E-state index contributed by atoms with van der Waals surface area (Å²) in [6, 6.07) is 10.5. The second-order valence-corrected chi connectivity index (χ2v) is 12.7. The summed E-state index contributed by atoms with van der Waals surface area (Å²) < 4.78 is 35.0. The van der Waals surface area contributed by atoms with Crippen LogP contribution in [0.1, 0.15) is 42.3 Å². The van der Waals surface area contributed by atoms with Crippen molar-refractivity contribution in [3.05, 3.63) is 47.7 Å². The van der Waals surface area contributed by atoms with Crippen molar-refractivity contribution in [2.75, 3.05) is 37.4 Å². The van der Waals surface area contributed by atoms with Gasteiger partial charge in [0.15, 0.2) is 5.82 Å². The van der Waals surface area contributed by atoms with Crippen LogP contribution in [0.3, 0.4) is 0 Å². The predicted molar refractivity (Wildman–Crippen MR) is 140 cm³/mol. The Kier molecular flexibility index (Phi) is 4.55. The van der Waals surface area contributed by atoms with Crippen LogP contribution in [0.5, 0.6) is 0 Å². The van der Waals surface area contributed by atoms with Crippen molar-refractivity contribution in [2.45, 2.75) is 31.2 Å². The molecule has 4 N–H and O–H groups in total. The van der Waals surface area contributed by atoms with E-state index in [4.69, 9.17) is 10.5 Å². The Morgan fingerprint density at radius 1 is 1.05 bits per heavy atom. The zero-order valence-corrected chi connectivity index (χ0v) is 21.1. The fraction of sp³-hybridized carbons (Fsp3) is 0.462. The summed E-state index contributed by atoms with van der Waals surface area (Å²) in [7, 11) is -3.76. The summed E-state index contributed by atoms with van der Waals surface area (Å²) in [4.78, 5) is 0. The Bertz CT molecular complexity index is 1660. The number of aromatic amines is 1. The molecule has 0 amide bonds. The topological polar surface area (TPSA) is 131 Å². The number of ether oxygens (including phenoxy) is 1. The molecule has 1 saturated heterocycles. The van der Waals surface area contributed by atoms with Crippen LogP contribution in [0.4, 0.5) is 11.5 Å². The van der Waals surface area contributed by atoms with E-state index in [-0.39, 0.29) is 6.04 Å². The van der Waals surface area contributed by atoms with Gasteiger partial charge in [-0.1, -0.05) is 6.07 Å². The normalized spacial score (nSPS) is 29.5. The lowest BCUT2D eigenvalue weighted by atomic mass is 9.67. The third-order valence-electron chi connectivity index (χ3n) is 9.26. The highest BCUT2D eigenvalue weighted by atomic mass is 32.2. The smallest absolute Gasteiger partial charge is 0.323 e. The Morgan fingerprint density at radius 2 is 1.89 bits per heavy atom. The lowest BCUT2D eigenvalue weighted by molar-refractivity contribution is 0.0724. The van der Waals surface area contributed by atoms with Crippen LogP contribution in [-0.2, 0) is 14.9 Å². The Hall–Kier alpha value is -3.15. The van der Waals surface area contributed by atoms with Gasteiger partial charge in [0.25, 0.3) is 0 Å². The monoisotopic (exact) mass is 519 g/mol. The molecule has 37 heavy (non-hydrogen) atoms. The molecular weight excluding hydrogens is 490 g/mol. The molecule has 5 atom stereocenters. The molecule has 2 aliphatic heterocycles. The lowest BCUT2D eigenvalue weighted by Crippen LogP contribution is -2.43. The second kappa shape index (κ2) is 7.68. The van der Waals surface area contributed by atoms with Crippen molar-refractivity contribution >= 4 is 43.5 Å². The van der Waals surface area contributed by atoms with Gasteiger partial charge >= 0.3 is 10.2 Å². The molecular formula is C26H29N7O3S. The summed E-state index contributed by atoms with van der Waals surface area (Å²) >= 11 is 0. The summed E-state index contributed by atoms with van der Waals surface area (Å²) in [5.74, 6) is 2.56. The quantitative estimate of drug-likeness (QED) is 0.379. The third kappa shape index (κ3) is 3.01. The zero-order valence-electron chi connectivity index (χ0n) is 20.3. The number of rotatable bonds is 3. The Labute approximate surface area is 214 Å². The number of H-pyrrole nitrogens is 1. The molecule has 3 fully saturated rings. The first-order chi connectivity index (χ1) is 18.0. The van der Waals surface area contributed by atoms with Gasteiger partial charge in [-0.15, -0.1) is 4.09 Å². The molecule has 4 aliphatic rings. The van der Waals surface area contributed by atoms with Crippen LogP contribution in [0.2, 0.25) is 0 Å². The number of anilines is 2. The zero-order chi connectivity index (χ0) is 24.9. The number of morpholine rings is 1. The fourth-order valence-corrected chi connectivity index (χ4v) is 9.12. The maximum Gasteiger partial charge on any atom is 0.323 e. The van der Waals surface area contributed by atoms with E-state index in [9.17, 15) is 8.42 Å². The molecule has 11 heteroatoms. The number of benzene rings is 2. The highest BCUT2D eigenvalue weighted by Gasteiger charge is 2.54. The van der Waals surface area contributed by atoms with Gasteiger partial charge in [0.1, 0.15) is 0 Å². The van der Waals surface area contributed by atoms with E-state index in [1.807, 2.05) is 12.1 Å². The molecule has 4 heterocycles. The molecule has 2 aliphatic carbocycles. The molecule has 8 rings (SSSR count). The molecule has 192 valence electrons. The summed E-state index contributed by atoms with van der Waals surface area (Å²) in [5.41, 5.74) is 11.3. The average Bonchev–Trinajstić information content (AvgIpc) is 3.72. The molecule has 0 radical (unpaired) electrons. The van der Waals surface area contributed by atoms with E-state index < -0.39 is 10.2 Å². The molecule has 2 unspecified atom stereocenters. The van der Waals surface area contributed by atoms with Crippen LogP contribution in [0.15, 0.2) is 36.5 Å². The maximum atomic E-state index is 13.5. The summed E-state index contributed by atoms with van der Waals surface area (Å²) in [6.07, 6.45) is 5.45. The van der Waals surface area contributed by atoms with Crippen molar-refractivity contribution in [3.63, 3.8) is 0 Å². The van der Waals surface area contributed by atoms with Gasteiger partial charge in [-0.05, 0) is 78.3 Å². The highest BCUT2D eigenvalue weighted by molar-refractivity contribution is 7.87. The predicted octanol–water partition coefficient (Wildman–Crippen LogP) is 3.22. The van der Waals surface area contributed by atoms with E-state index in [0.717, 1.165) is 22.0 Å². The highest BCUT2D eigenvalue weighted by Crippen LogP contribution is 2.64. The van der Waals surface area contributed by atoms with E-state index in [1.165, 1.54) is 38.8 Å². The minimum Gasteiger partial charge on any atom is -0.382 e. The van der Waals surface area contributed by atoms with Crippen LogP contribution < -0.4 is 11.1 Å². The molecule has 2 saturated carbocycles. The minimum atomic E-state index is -3.76. The van der Waals surface area contributed by atoms with Gasteiger partial charge in [-0.25, -0.2) is 0 Å². The van der Waals surface area contributed by atoms with E-state index in [2.05, 4.69) is 38.8 Å². The summed E-state index contributed by atoms with van der Waals surface area (Å²) in [6.45, 7) is 1.50. The SMILES string of the molecule is Nc1n[nH]c2ccc([C@@H]3Nc4ccc5c(cnn5S(=O)(=O)N5CCOCC5)c4[C@H]4C5CCC(C5)[C@@H]34)cc12. The number of nitrogens with two attached hydrogens (primary N) is 1. The number of nitrogens with zero attached hydrogens (tertiary/aromatic N) is 4. The third-order valence-corrected chi connectivity index (χ3v) is 11.0. The number of nitrogen functional groups attached to an aromatic ring is 1. The van der Waals surface area contributed by atoms with Crippen LogP contribution >= 0.6 is 0 Å². The van der Waals surface area contributed by atoms with E-state index in [1.54, 1.807) is 6.20 Å². The lowest BCUT2D eigenvalue weighted by Gasteiger charge is -2.43. The van der Waals surface area contributed by atoms with Gasteiger partial charge < -0.3 is 15.8 Å². The van der Waals surface area contributed by atoms with Gasteiger partial charge in [-0.3, -0.25) is 5.10 Å². The van der Waals surface area contributed by atoms with E-state index >= 15 is 0 Å². The van der Waals surface area contributed by atoms with Crippen molar-refractivity contribution < 1.29 is 13.2 Å². The first-order valence-electron chi connectivity index (χ1n) is 13.1. The summed E-state index contributed by atoms with van der Waals surface area (Å²) in [5, 5.41) is 17.4. The van der Waals surface area contributed by atoms with Gasteiger partial charge in [0.2, 0.25) is 0 Å². The number of aromatic nitrogens is 4. The fourth-order valence-electron chi connectivity index (χ4n) is 7.71. The number of nitrogens with one attached hydrogen (secondary N) is 2. The molecule has 0 spiro atoms. The van der Waals surface area contributed by atoms with Crippen molar-refractivity contribution in [1.82, 2.24) is 23.7 Å². The Morgan fingerprint density at radius 3 is 2.76 bits per heavy atom. The van der Waals surface area contributed by atoms with Crippen molar-refractivity contribution in [3.8, 4) is 0 Å². The molecule has 2 aromatic heterocycles. The van der Waals surface area contributed by atoms with Crippen LogP contribution in [0.25, 0.3) is 21.8 Å². The Balaban J connectivity index is 1.26. The average molecular weight is 520 g/mol. The van der Waals surface area contributed by atoms with Crippen molar-refractivity contribution in [2.24, 2.45) is 17.8 Å². The standard InChI is InChI=1S/C26H29N7O3S/c27-26-17-12-16(3-4-19(17)30-31-26)25-23-15-2-1-14(11-15)22(23)24-18-13-28-33(21(18)6-5-20(24)29-25)37(34,35)32-7-9-36-10-8-32/h3-6,12-15,22-23,25,29H,1-2,7-11H2,(H3,27,30,31)/t14?,15?,22-,23+,25-/m0/s1. The van der Waals surface area contributed by atoms with E-state index in [0.29, 0.717) is 61.3 Å². The molecule has 10 nitrogen and oxygen atoms in total.